The summed E-state index contributed by atoms with van der Waals surface area (Å²) in [6, 6.07) is 1.42. The van der Waals surface area contributed by atoms with Crippen molar-refractivity contribution >= 4 is 6.29 Å². The standard InChI is InChI=1S/C6H8N2O/c7-4-6(5-9)8-2-1-3-8/h5-6H,1-3H2. The molecule has 0 bridgehead atoms. The van der Waals surface area contributed by atoms with Gasteiger partial charge in [-0.25, -0.2) is 0 Å². The number of likely N-dealkylation sites (tertiary alicyclic amines) is 1. The number of hydrogen-bond donors (Lipinski definition) is 0. The van der Waals surface area contributed by atoms with Crippen LogP contribution in [0.1, 0.15) is 6.42 Å². The summed E-state index contributed by atoms with van der Waals surface area (Å²) in [7, 11) is 0. The van der Waals surface area contributed by atoms with E-state index in [0.717, 1.165) is 19.5 Å². The molecule has 1 heterocycles. The number of carbonyl (C=O) groups excluding carboxylic acids is 1. The second-order valence-electron chi connectivity index (χ2n) is 2.10. The first-order valence-electron chi connectivity index (χ1n) is 2.97. The van der Waals surface area contributed by atoms with Gasteiger partial charge in [0.1, 0.15) is 0 Å². The van der Waals surface area contributed by atoms with E-state index in [2.05, 4.69) is 0 Å². The fourth-order valence-corrected chi connectivity index (χ4v) is 0.817. The number of aldehydes is 1. The van der Waals surface area contributed by atoms with Gasteiger partial charge in [0.2, 0.25) is 0 Å². The van der Waals surface area contributed by atoms with E-state index in [0.29, 0.717) is 6.29 Å². The van der Waals surface area contributed by atoms with Crippen molar-refractivity contribution in [3.05, 3.63) is 0 Å². The number of rotatable bonds is 2. The normalized spacial score (nSPS) is 21.7. The van der Waals surface area contributed by atoms with Crippen molar-refractivity contribution in [3.63, 3.8) is 0 Å². The van der Waals surface area contributed by atoms with Crippen molar-refractivity contribution in [2.45, 2.75) is 12.5 Å². The third kappa shape index (κ3) is 1.08. The van der Waals surface area contributed by atoms with Crippen LogP contribution in [0.3, 0.4) is 0 Å². The van der Waals surface area contributed by atoms with Crippen LogP contribution < -0.4 is 0 Å². The maximum Gasteiger partial charge on any atom is 0.154 e. The summed E-state index contributed by atoms with van der Waals surface area (Å²) in [5.74, 6) is 0. The smallest absolute Gasteiger partial charge is 0.154 e. The van der Waals surface area contributed by atoms with E-state index in [1.165, 1.54) is 0 Å². The van der Waals surface area contributed by atoms with Gasteiger partial charge in [-0.3, -0.25) is 4.90 Å². The molecule has 1 saturated heterocycles. The van der Waals surface area contributed by atoms with Crippen LogP contribution in [0.4, 0.5) is 0 Å². The van der Waals surface area contributed by atoms with Gasteiger partial charge in [0.15, 0.2) is 12.3 Å². The highest BCUT2D eigenvalue weighted by molar-refractivity contribution is 5.62. The van der Waals surface area contributed by atoms with Crippen LogP contribution in [0.2, 0.25) is 0 Å². The lowest BCUT2D eigenvalue weighted by molar-refractivity contribution is -0.111. The molecule has 0 amide bonds. The van der Waals surface area contributed by atoms with Crippen molar-refractivity contribution in [2.75, 3.05) is 13.1 Å². The van der Waals surface area contributed by atoms with Gasteiger partial charge in [-0.15, -0.1) is 0 Å². The number of hydrogen-bond acceptors (Lipinski definition) is 3. The van der Waals surface area contributed by atoms with Crippen molar-refractivity contribution in [1.82, 2.24) is 4.90 Å². The Morgan fingerprint density at radius 2 is 2.33 bits per heavy atom. The van der Waals surface area contributed by atoms with Gasteiger partial charge in [0.25, 0.3) is 0 Å². The van der Waals surface area contributed by atoms with E-state index in [9.17, 15) is 4.79 Å². The molecule has 0 aromatic heterocycles. The quantitative estimate of drug-likeness (QED) is 0.478. The first-order valence-corrected chi connectivity index (χ1v) is 2.97. The van der Waals surface area contributed by atoms with Crippen LogP contribution in [-0.2, 0) is 4.79 Å². The Morgan fingerprint density at radius 3 is 2.44 bits per heavy atom. The second-order valence-corrected chi connectivity index (χ2v) is 2.10. The average Bonchev–Trinajstić information content (AvgIpc) is 1.78. The van der Waals surface area contributed by atoms with E-state index in [1.54, 1.807) is 0 Å². The van der Waals surface area contributed by atoms with Crippen molar-refractivity contribution in [3.8, 4) is 6.07 Å². The zero-order valence-electron chi connectivity index (χ0n) is 5.08. The van der Waals surface area contributed by atoms with E-state index in [1.807, 2.05) is 11.0 Å². The summed E-state index contributed by atoms with van der Waals surface area (Å²) in [5, 5.41) is 8.34. The molecular weight excluding hydrogens is 116 g/mol. The molecule has 1 rings (SSSR count). The van der Waals surface area contributed by atoms with Crippen LogP contribution in [-0.4, -0.2) is 30.3 Å². The van der Waals surface area contributed by atoms with E-state index in [4.69, 9.17) is 5.26 Å². The molecule has 0 spiro atoms. The molecule has 1 unspecified atom stereocenters. The SMILES string of the molecule is N#CC(C=O)N1CCC1. The van der Waals surface area contributed by atoms with Crippen molar-refractivity contribution < 1.29 is 4.79 Å². The Labute approximate surface area is 53.9 Å². The summed E-state index contributed by atoms with van der Waals surface area (Å²) in [5.41, 5.74) is 0. The summed E-state index contributed by atoms with van der Waals surface area (Å²) < 4.78 is 0. The first-order chi connectivity index (χ1) is 4.38. The van der Waals surface area contributed by atoms with Crippen LogP contribution in [0.25, 0.3) is 0 Å². The average molecular weight is 124 g/mol. The predicted octanol–water partition coefficient (Wildman–Crippen LogP) is -0.217. The minimum absolute atomic E-state index is 0.487. The van der Waals surface area contributed by atoms with Gasteiger partial charge >= 0.3 is 0 Å². The van der Waals surface area contributed by atoms with Crippen molar-refractivity contribution in [2.24, 2.45) is 0 Å². The van der Waals surface area contributed by atoms with E-state index in [-0.39, 0.29) is 0 Å². The summed E-state index contributed by atoms with van der Waals surface area (Å²) in [4.78, 5) is 12.0. The predicted molar refractivity (Wildman–Crippen MR) is 31.7 cm³/mol. The van der Waals surface area contributed by atoms with Crippen LogP contribution in [0.5, 0.6) is 0 Å². The van der Waals surface area contributed by atoms with Crippen LogP contribution in [0.15, 0.2) is 0 Å². The molecule has 0 aromatic rings. The molecule has 0 aliphatic carbocycles. The van der Waals surface area contributed by atoms with Gasteiger partial charge < -0.3 is 4.79 Å². The summed E-state index contributed by atoms with van der Waals surface area (Å²) in [6.07, 6.45) is 1.81. The third-order valence-corrected chi connectivity index (χ3v) is 1.55. The largest absolute Gasteiger partial charge is 0.300 e. The minimum atomic E-state index is -0.487. The third-order valence-electron chi connectivity index (χ3n) is 1.55. The molecule has 0 radical (unpaired) electrons. The Balaban J connectivity index is 2.38. The van der Waals surface area contributed by atoms with Gasteiger partial charge in [0, 0.05) is 13.1 Å². The van der Waals surface area contributed by atoms with Gasteiger partial charge in [0.05, 0.1) is 6.07 Å². The maximum absolute atomic E-state index is 10.1. The number of nitrogens with zero attached hydrogens (tertiary/aromatic N) is 2. The van der Waals surface area contributed by atoms with Crippen LogP contribution in [0, 0.1) is 11.3 Å². The Morgan fingerprint density at radius 1 is 1.67 bits per heavy atom. The molecule has 1 atom stereocenters. The maximum atomic E-state index is 10.1. The highest BCUT2D eigenvalue weighted by atomic mass is 16.1. The number of nitriles is 1. The lowest BCUT2D eigenvalue weighted by Crippen LogP contribution is -2.45. The highest BCUT2D eigenvalue weighted by Crippen LogP contribution is 2.08. The van der Waals surface area contributed by atoms with Gasteiger partial charge in [-0.1, -0.05) is 0 Å². The topological polar surface area (TPSA) is 44.1 Å². The van der Waals surface area contributed by atoms with Gasteiger partial charge in [-0.2, -0.15) is 5.26 Å². The van der Waals surface area contributed by atoms with Gasteiger partial charge in [-0.05, 0) is 6.42 Å². The summed E-state index contributed by atoms with van der Waals surface area (Å²) in [6.45, 7) is 1.80. The number of carbonyl (C=O) groups is 1. The van der Waals surface area contributed by atoms with Crippen molar-refractivity contribution in [1.29, 1.82) is 5.26 Å². The van der Waals surface area contributed by atoms with E-state index < -0.39 is 6.04 Å². The van der Waals surface area contributed by atoms with E-state index >= 15 is 0 Å². The zero-order valence-corrected chi connectivity index (χ0v) is 5.08. The second kappa shape index (κ2) is 2.60. The molecule has 1 aliphatic rings. The highest BCUT2D eigenvalue weighted by Gasteiger charge is 2.22. The Bertz CT molecular complexity index is 146. The molecule has 1 fully saturated rings. The zero-order chi connectivity index (χ0) is 6.69. The Hall–Kier alpha value is -0.880. The molecule has 48 valence electrons. The molecule has 0 saturated carbocycles. The molecule has 3 nitrogen and oxygen atoms in total. The molecule has 9 heavy (non-hydrogen) atoms. The first kappa shape index (κ1) is 6.24. The fourth-order valence-electron chi connectivity index (χ4n) is 0.817. The Kier molecular flexibility index (Phi) is 1.81. The monoisotopic (exact) mass is 124 g/mol. The van der Waals surface area contributed by atoms with Crippen LogP contribution >= 0.6 is 0 Å². The lowest BCUT2D eigenvalue weighted by Gasteiger charge is -2.31. The molecule has 0 N–H and O–H groups in total. The molecular formula is C6H8N2O. The molecule has 1 aliphatic heterocycles. The summed E-state index contributed by atoms with van der Waals surface area (Å²) >= 11 is 0. The lowest BCUT2D eigenvalue weighted by atomic mass is 10.1. The fraction of sp³-hybridized carbons (Fsp3) is 0.667. The molecule has 0 aromatic carbocycles. The molecule has 3 heteroatoms. The minimum Gasteiger partial charge on any atom is -0.300 e.